The van der Waals surface area contributed by atoms with Gasteiger partial charge in [0, 0.05) is 12.2 Å². The molecule has 2 aliphatic rings. The van der Waals surface area contributed by atoms with Gasteiger partial charge in [-0.25, -0.2) is 9.97 Å². The molecule has 5 rings (SSSR count). The number of hydrogen-bond donors (Lipinski definition) is 2. The highest BCUT2D eigenvalue weighted by atomic mass is 16.2. The Kier molecular flexibility index (Phi) is 6.10. The van der Waals surface area contributed by atoms with Gasteiger partial charge in [0.15, 0.2) is 0 Å². The smallest absolute Gasteiger partial charge is 0.243 e. The fourth-order valence-electron chi connectivity index (χ4n) is 5.65. The second-order valence-electron chi connectivity index (χ2n) is 9.42. The molecular formula is C26H33N5O. The van der Waals surface area contributed by atoms with E-state index in [0.717, 1.165) is 48.1 Å². The highest BCUT2D eigenvalue weighted by molar-refractivity contribution is 5.88. The largest absolute Gasteiger partial charge is 0.383 e. The molecule has 2 fully saturated rings. The fraction of sp³-hybridized carbons (Fsp3) is 0.500. The lowest BCUT2D eigenvalue weighted by Gasteiger charge is -2.33. The van der Waals surface area contributed by atoms with E-state index < -0.39 is 0 Å². The van der Waals surface area contributed by atoms with Gasteiger partial charge in [0.1, 0.15) is 17.7 Å². The molecule has 2 saturated carbocycles. The molecule has 0 aliphatic heterocycles. The Balaban J connectivity index is 1.63. The number of para-hydroxylation sites is 2. The molecule has 0 unspecified atom stereocenters. The number of aromatic nitrogens is 3. The van der Waals surface area contributed by atoms with Crippen LogP contribution in [0.5, 0.6) is 0 Å². The van der Waals surface area contributed by atoms with Crippen LogP contribution in [0.15, 0.2) is 42.6 Å². The number of benzene rings is 1. The Morgan fingerprint density at radius 1 is 0.969 bits per heavy atom. The number of amides is 1. The summed E-state index contributed by atoms with van der Waals surface area (Å²) in [5.41, 5.74) is 8.94. The third kappa shape index (κ3) is 4.10. The van der Waals surface area contributed by atoms with E-state index in [0.29, 0.717) is 11.7 Å². The molecular weight excluding hydrogens is 398 g/mol. The van der Waals surface area contributed by atoms with Gasteiger partial charge >= 0.3 is 0 Å². The van der Waals surface area contributed by atoms with E-state index in [4.69, 9.17) is 10.7 Å². The Morgan fingerprint density at radius 3 is 2.44 bits per heavy atom. The van der Waals surface area contributed by atoms with Crippen LogP contribution in [-0.2, 0) is 4.79 Å². The van der Waals surface area contributed by atoms with Crippen LogP contribution in [0, 0.1) is 5.92 Å². The van der Waals surface area contributed by atoms with Gasteiger partial charge in [0.2, 0.25) is 5.91 Å². The quantitative estimate of drug-likeness (QED) is 0.578. The average molecular weight is 432 g/mol. The van der Waals surface area contributed by atoms with Gasteiger partial charge in [-0.1, -0.05) is 50.7 Å². The number of imidazole rings is 1. The van der Waals surface area contributed by atoms with E-state index in [1.165, 1.54) is 38.5 Å². The molecule has 32 heavy (non-hydrogen) atoms. The minimum Gasteiger partial charge on any atom is -0.383 e. The van der Waals surface area contributed by atoms with E-state index in [-0.39, 0.29) is 18.0 Å². The van der Waals surface area contributed by atoms with Gasteiger partial charge in [-0.15, -0.1) is 0 Å². The number of hydrogen-bond acceptors (Lipinski definition) is 4. The number of nitrogens with one attached hydrogen (secondary N) is 1. The molecule has 0 radical (unpaired) electrons. The van der Waals surface area contributed by atoms with Crippen molar-refractivity contribution < 1.29 is 4.79 Å². The van der Waals surface area contributed by atoms with Crippen molar-refractivity contribution in [1.82, 2.24) is 19.9 Å². The maximum atomic E-state index is 13.9. The van der Waals surface area contributed by atoms with Gasteiger partial charge in [-0.3, -0.25) is 4.79 Å². The van der Waals surface area contributed by atoms with Crippen LogP contribution in [-0.4, -0.2) is 26.5 Å². The molecule has 1 amide bonds. The molecule has 168 valence electrons. The van der Waals surface area contributed by atoms with Crippen LogP contribution >= 0.6 is 0 Å². The number of carbonyl (C=O) groups excluding carboxylic acids is 1. The Bertz CT molecular complexity index is 1080. The number of fused-ring (bicyclic) bond motifs is 1. The number of nitrogens with two attached hydrogens (primary N) is 1. The first-order valence-corrected chi connectivity index (χ1v) is 12.2. The van der Waals surface area contributed by atoms with E-state index in [1.807, 2.05) is 30.3 Å². The Morgan fingerprint density at radius 2 is 1.69 bits per heavy atom. The summed E-state index contributed by atoms with van der Waals surface area (Å²) < 4.78 is 2.16. The number of carbonyl (C=O) groups is 1. The van der Waals surface area contributed by atoms with E-state index >= 15 is 0 Å². The van der Waals surface area contributed by atoms with Crippen molar-refractivity contribution in [3.63, 3.8) is 0 Å². The number of rotatable bonds is 5. The first-order valence-electron chi connectivity index (χ1n) is 12.2. The highest BCUT2D eigenvalue weighted by Crippen LogP contribution is 2.39. The lowest BCUT2D eigenvalue weighted by Crippen LogP contribution is -2.43. The predicted octanol–water partition coefficient (Wildman–Crippen LogP) is 5.25. The van der Waals surface area contributed by atoms with Crippen molar-refractivity contribution in [2.24, 2.45) is 5.92 Å². The Labute approximate surface area is 189 Å². The third-order valence-corrected chi connectivity index (χ3v) is 7.27. The van der Waals surface area contributed by atoms with Gasteiger partial charge in [0.05, 0.1) is 16.6 Å². The van der Waals surface area contributed by atoms with Crippen LogP contribution in [0.4, 0.5) is 5.82 Å². The average Bonchev–Trinajstić information content (AvgIpc) is 3.20. The second-order valence-corrected chi connectivity index (χ2v) is 9.42. The van der Waals surface area contributed by atoms with Crippen molar-refractivity contribution >= 4 is 22.8 Å². The molecule has 0 spiro atoms. The monoisotopic (exact) mass is 431 g/mol. The number of pyridine rings is 1. The highest BCUT2D eigenvalue weighted by Gasteiger charge is 2.35. The van der Waals surface area contributed by atoms with Crippen molar-refractivity contribution in [2.45, 2.75) is 76.3 Å². The standard InChI is InChI=1S/C26H33N5O/c27-24-20(14-9-17-28-24)25-30-21-15-7-8-16-22(21)31(25)23(18-10-3-1-4-11-18)26(32)29-19-12-5-2-6-13-19/h7-9,14-19,23H,1-6,10-13H2,(H2,27,28)(H,29,32)/t23-/m0/s1. The van der Waals surface area contributed by atoms with Gasteiger partial charge in [-0.05, 0) is 55.9 Å². The predicted molar refractivity (Wildman–Crippen MR) is 128 cm³/mol. The topological polar surface area (TPSA) is 85.8 Å². The SMILES string of the molecule is Nc1ncccc1-c1nc2ccccc2n1[C@H](C(=O)NC1CCCCC1)C1CCCCC1. The minimum atomic E-state index is -0.292. The summed E-state index contributed by atoms with van der Waals surface area (Å²) in [7, 11) is 0. The zero-order valence-corrected chi connectivity index (χ0v) is 18.7. The zero-order chi connectivity index (χ0) is 21.9. The lowest BCUT2D eigenvalue weighted by molar-refractivity contribution is -0.127. The second kappa shape index (κ2) is 9.31. The molecule has 0 saturated heterocycles. The van der Waals surface area contributed by atoms with Crippen molar-refractivity contribution in [1.29, 1.82) is 0 Å². The summed E-state index contributed by atoms with van der Waals surface area (Å²) in [6, 6.07) is 11.9. The molecule has 6 nitrogen and oxygen atoms in total. The van der Waals surface area contributed by atoms with E-state index in [9.17, 15) is 4.79 Å². The van der Waals surface area contributed by atoms with Gasteiger partial charge in [-0.2, -0.15) is 0 Å². The van der Waals surface area contributed by atoms with Crippen molar-refractivity contribution in [3.05, 3.63) is 42.6 Å². The van der Waals surface area contributed by atoms with E-state index in [2.05, 4.69) is 20.9 Å². The number of anilines is 1. The normalized spacial score (nSPS) is 19.1. The number of nitrogens with zero attached hydrogens (tertiary/aromatic N) is 3. The van der Waals surface area contributed by atoms with Crippen molar-refractivity contribution in [3.8, 4) is 11.4 Å². The molecule has 0 bridgehead atoms. The third-order valence-electron chi connectivity index (χ3n) is 7.27. The molecule has 1 aromatic carbocycles. The van der Waals surface area contributed by atoms with Crippen LogP contribution in [0.3, 0.4) is 0 Å². The zero-order valence-electron chi connectivity index (χ0n) is 18.7. The molecule has 1 atom stereocenters. The molecule has 2 aromatic heterocycles. The Hall–Kier alpha value is -2.89. The van der Waals surface area contributed by atoms with Gasteiger partial charge in [0.25, 0.3) is 0 Å². The van der Waals surface area contributed by atoms with Gasteiger partial charge < -0.3 is 15.6 Å². The summed E-state index contributed by atoms with van der Waals surface area (Å²) in [4.78, 5) is 23.2. The summed E-state index contributed by atoms with van der Waals surface area (Å²) >= 11 is 0. The first-order chi connectivity index (χ1) is 15.7. The minimum absolute atomic E-state index is 0.135. The molecule has 3 N–H and O–H groups in total. The molecule has 2 aliphatic carbocycles. The summed E-state index contributed by atoms with van der Waals surface area (Å²) in [6.07, 6.45) is 13.3. The van der Waals surface area contributed by atoms with Crippen molar-refractivity contribution in [2.75, 3.05) is 5.73 Å². The van der Waals surface area contributed by atoms with E-state index in [1.54, 1.807) is 6.20 Å². The van der Waals surface area contributed by atoms with Crippen LogP contribution < -0.4 is 11.1 Å². The van der Waals surface area contributed by atoms with Crippen LogP contribution in [0.2, 0.25) is 0 Å². The lowest BCUT2D eigenvalue weighted by atomic mass is 9.82. The molecule has 2 heterocycles. The summed E-state index contributed by atoms with van der Waals surface area (Å²) in [5, 5.41) is 3.43. The van der Waals surface area contributed by atoms with Crippen LogP contribution in [0.1, 0.15) is 70.3 Å². The van der Waals surface area contributed by atoms with Crippen LogP contribution in [0.25, 0.3) is 22.4 Å². The summed E-state index contributed by atoms with van der Waals surface area (Å²) in [5.74, 6) is 1.61. The molecule has 3 aromatic rings. The molecule has 6 heteroatoms. The summed E-state index contributed by atoms with van der Waals surface area (Å²) in [6.45, 7) is 0. The first kappa shape index (κ1) is 21.0. The fourth-order valence-corrected chi connectivity index (χ4v) is 5.65. The maximum Gasteiger partial charge on any atom is 0.243 e. The maximum absolute atomic E-state index is 13.9. The number of nitrogen functional groups attached to an aromatic ring is 1.